The number of nitrogens with zero attached hydrogens (tertiary/aromatic N) is 4. The van der Waals surface area contributed by atoms with Crippen LogP contribution in [0.4, 0.5) is 11.8 Å². The number of aliphatic hydroxyl groups is 1. The van der Waals surface area contributed by atoms with Crippen molar-refractivity contribution in [2.45, 2.75) is 38.7 Å². The third kappa shape index (κ3) is 7.17. The second-order valence-electron chi connectivity index (χ2n) is 7.39. The highest BCUT2D eigenvalue weighted by Gasteiger charge is 2.40. The van der Waals surface area contributed by atoms with E-state index < -0.39 is 26.3 Å². The monoisotopic (exact) mass is 485 g/mol. The zero-order chi connectivity index (χ0) is 23.8. The summed E-state index contributed by atoms with van der Waals surface area (Å²) in [6.07, 6.45) is -0.737. The third-order valence-corrected chi connectivity index (χ3v) is 5.75. The van der Waals surface area contributed by atoms with Crippen molar-refractivity contribution in [2.24, 2.45) is 0 Å². The van der Waals surface area contributed by atoms with Crippen molar-refractivity contribution in [3.63, 3.8) is 0 Å². The SMILES string of the molecule is [B][P+]1(O)OC[C@H](C)O[C@@H](n2c(NCCCOCCOCC)nc3c(N)ncnc32)[C@@H](O)CO1. The van der Waals surface area contributed by atoms with Crippen LogP contribution in [0.2, 0.25) is 0 Å². The minimum Gasteiger partial charge on any atom is -0.386 e. The number of ether oxygens (including phenoxy) is 3. The molecule has 0 bridgehead atoms. The maximum atomic E-state index is 10.8. The van der Waals surface area contributed by atoms with Gasteiger partial charge in [-0.1, -0.05) is 0 Å². The zero-order valence-corrected chi connectivity index (χ0v) is 19.7. The van der Waals surface area contributed by atoms with Crippen molar-refractivity contribution in [1.29, 1.82) is 0 Å². The Morgan fingerprint density at radius 1 is 1.27 bits per heavy atom. The summed E-state index contributed by atoms with van der Waals surface area (Å²) in [5.74, 6) is 0.564. The lowest BCUT2D eigenvalue weighted by molar-refractivity contribution is -0.119. The van der Waals surface area contributed by atoms with E-state index in [9.17, 15) is 10.00 Å². The second kappa shape index (κ2) is 12.2. The minimum absolute atomic E-state index is 0.0321. The van der Waals surface area contributed by atoms with Crippen LogP contribution in [0, 0.1) is 0 Å². The summed E-state index contributed by atoms with van der Waals surface area (Å²) in [6, 6.07) is 0. The number of nitrogens with two attached hydrogens (primary N) is 1. The Bertz CT molecular complexity index is 891. The quantitative estimate of drug-likeness (QED) is 0.208. The van der Waals surface area contributed by atoms with Crippen molar-refractivity contribution in [3.8, 4) is 0 Å². The zero-order valence-electron chi connectivity index (χ0n) is 18.8. The topological polar surface area (TPSA) is 168 Å². The van der Waals surface area contributed by atoms with Gasteiger partial charge in [0.05, 0.1) is 19.3 Å². The van der Waals surface area contributed by atoms with Crippen LogP contribution in [0.3, 0.4) is 0 Å². The molecule has 182 valence electrons. The molecule has 3 heterocycles. The standard InChI is InChI=1S/C18H31BN6O7P/c1-3-28-7-8-29-6-4-5-21-18-24-14-15(20)22-11-23-16(14)25(18)17-13(26)10-31-33(19,27)30-9-12(2)32-17/h11-13,17,26-27H,3-10H2,1-2H3,(H,21,24)(H2,20,22,23)/q+1/t12-,13-,17+,33?/m0/s1. The lowest BCUT2D eigenvalue weighted by Crippen LogP contribution is -2.33. The summed E-state index contributed by atoms with van der Waals surface area (Å²) >= 11 is 0. The number of anilines is 2. The molecule has 4 atom stereocenters. The third-order valence-electron chi connectivity index (χ3n) is 4.71. The first kappa shape index (κ1) is 26.0. The summed E-state index contributed by atoms with van der Waals surface area (Å²) < 4.78 is 28.8. The van der Waals surface area contributed by atoms with Gasteiger partial charge in [0.2, 0.25) is 5.95 Å². The van der Waals surface area contributed by atoms with Crippen LogP contribution in [0.25, 0.3) is 11.2 Å². The summed E-state index contributed by atoms with van der Waals surface area (Å²) in [6.45, 7) is 6.09. The number of hydrogen-bond donors (Lipinski definition) is 4. The summed E-state index contributed by atoms with van der Waals surface area (Å²) in [5, 5.41) is 14.1. The normalized spacial score (nSPS) is 26.6. The molecule has 0 amide bonds. The molecule has 2 aromatic heterocycles. The molecular weight excluding hydrogens is 454 g/mol. The lowest BCUT2D eigenvalue weighted by Gasteiger charge is -2.27. The molecule has 1 aliphatic rings. The van der Waals surface area contributed by atoms with E-state index in [2.05, 4.69) is 20.3 Å². The molecule has 0 aliphatic carbocycles. The first-order valence-electron chi connectivity index (χ1n) is 10.7. The highest BCUT2D eigenvalue weighted by Crippen LogP contribution is 2.52. The van der Waals surface area contributed by atoms with Gasteiger partial charge in [-0.2, -0.15) is 9.05 Å². The van der Waals surface area contributed by atoms with E-state index in [-0.39, 0.29) is 19.0 Å². The van der Waals surface area contributed by atoms with E-state index in [1.54, 1.807) is 11.5 Å². The van der Waals surface area contributed by atoms with Crippen LogP contribution in [0.5, 0.6) is 0 Å². The molecule has 2 aromatic rings. The van der Waals surface area contributed by atoms with Gasteiger partial charge in [0.25, 0.3) is 0 Å². The molecule has 5 N–H and O–H groups in total. The Labute approximate surface area is 193 Å². The highest BCUT2D eigenvalue weighted by molar-refractivity contribution is 7.85. The van der Waals surface area contributed by atoms with Gasteiger partial charge in [0.1, 0.15) is 25.6 Å². The van der Waals surface area contributed by atoms with Crippen molar-refractivity contribution in [1.82, 2.24) is 19.5 Å². The molecule has 2 radical (unpaired) electrons. The smallest absolute Gasteiger partial charge is 0.386 e. The number of hydrogen-bond acceptors (Lipinski definition) is 12. The van der Waals surface area contributed by atoms with Crippen LogP contribution < -0.4 is 11.1 Å². The molecule has 1 saturated heterocycles. The minimum atomic E-state index is -3.57. The van der Waals surface area contributed by atoms with Gasteiger partial charge in [0, 0.05) is 19.8 Å². The van der Waals surface area contributed by atoms with Crippen molar-refractivity contribution in [3.05, 3.63) is 6.33 Å². The number of aromatic nitrogens is 4. The molecule has 1 aliphatic heterocycles. The van der Waals surface area contributed by atoms with E-state index in [4.69, 9.17) is 36.6 Å². The van der Waals surface area contributed by atoms with Crippen LogP contribution in [0.15, 0.2) is 6.33 Å². The number of rotatable bonds is 10. The molecule has 0 spiro atoms. The van der Waals surface area contributed by atoms with Crippen LogP contribution in [0.1, 0.15) is 26.5 Å². The Balaban J connectivity index is 1.79. The van der Waals surface area contributed by atoms with Gasteiger partial charge in [-0.25, -0.2) is 19.8 Å². The molecule has 13 nitrogen and oxygen atoms in total. The van der Waals surface area contributed by atoms with E-state index >= 15 is 0 Å². The van der Waals surface area contributed by atoms with Gasteiger partial charge < -0.3 is 30.4 Å². The van der Waals surface area contributed by atoms with Gasteiger partial charge in [-0.3, -0.25) is 4.57 Å². The largest absolute Gasteiger partial charge is 0.488 e. The number of imidazole rings is 1. The first-order chi connectivity index (χ1) is 15.8. The number of fused-ring (bicyclic) bond motifs is 1. The molecule has 0 saturated carbocycles. The molecule has 1 unspecified atom stereocenters. The van der Waals surface area contributed by atoms with E-state index in [1.165, 1.54) is 6.33 Å². The van der Waals surface area contributed by atoms with Crippen molar-refractivity contribution >= 4 is 38.3 Å². The van der Waals surface area contributed by atoms with Crippen molar-refractivity contribution < 1.29 is 33.3 Å². The summed E-state index contributed by atoms with van der Waals surface area (Å²) in [5.41, 5.74) is 6.73. The van der Waals surface area contributed by atoms with Gasteiger partial charge in [0.15, 0.2) is 23.2 Å². The second-order valence-corrected chi connectivity index (χ2v) is 9.03. The number of nitrogen functional groups attached to an aromatic ring is 1. The molecule has 33 heavy (non-hydrogen) atoms. The van der Waals surface area contributed by atoms with E-state index in [0.29, 0.717) is 56.5 Å². The molecule has 1 fully saturated rings. The summed E-state index contributed by atoms with van der Waals surface area (Å²) in [4.78, 5) is 22.8. The fourth-order valence-electron chi connectivity index (χ4n) is 3.15. The first-order valence-corrected chi connectivity index (χ1v) is 12.4. The maximum Gasteiger partial charge on any atom is 0.488 e. The van der Waals surface area contributed by atoms with Crippen LogP contribution in [-0.2, 0) is 23.3 Å². The van der Waals surface area contributed by atoms with E-state index in [1.807, 2.05) is 6.92 Å². The Kier molecular flexibility index (Phi) is 9.59. The Morgan fingerprint density at radius 3 is 2.82 bits per heavy atom. The lowest BCUT2D eigenvalue weighted by atomic mass is 10.3. The highest BCUT2D eigenvalue weighted by atomic mass is 31.2. The fourth-order valence-corrected chi connectivity index (χ4v) is 4.01. The summed E-state index contributed by atoms with van der Waals surface area (Å²) in [7, 11) is 2.08. The Hall–Kier alpha value is -1.64. The molecular formula is C18H31BN6O7P+. The molecule has 3 rings (SSSR count). The van der Waals surface area contributed by atoms with Gasteiger partial charge >= 0.3 is 15.4 Å². The Morgan fingerprint density at radius 2 is 2.03 bits per heavy atom. The predicted molar refractivity (Wildman–Crippen MR) is 123 cm³/mol. The van der Waals surface area contributed by atoms with Gasteiger partial charge in [-0.05, 0) is 20.3 Å². The predicted octanol–water partition coefficient (Wildman–Crippen LogP) is 0.413. The van der Waals surface area contributed by atoms with Crippen LogP contribution in [-0.4, -0.2) is 95.5 Å². The molecule has 0 aromatic carbocycles. The van der Waals surface area contributed by atoms with E-state index in [0.717, 1.165) is 0 Å². The van der Waals surface area contributed by atoms with Crippen LogP contribution >= 0.6 is 7.82 Å². The number of nitrogens with one attached hydrogen (secondary N) is 1. The molecule has 15 heteroatoms. The van der Waals surface area contributed by atoms with Gasteiger partial charge in [-0.15, -0.1) is 0 Å². The fraction of sp³-hybridized carbons (Fsp3) is 0.722. The average Bonchev–Trinajstić information content (AvgIpc) is 3.17. The average molecular weight is 485 g/mol. The number of aliphatic hydroxyl groups excluding tert-OH is 1. The van der Waals surface area contributed by atoms with Crippen molar-refractivity contribution in [2.75, 3.05) is 57.2 Å². The maximum absolute atomic E-state index is 10.8.